The number of unbranched alkanes of at least 4 members (excludes halogenated alkanes) is 4. The lowest BCUT2D eigenvalue weighted by atomic mass is 10.1. The van der Waals surface area contributed by atoms with Crippen LogP contribution in [0.3, 0.4) is 0 Å². The molecule has 0 saturated carbocycles. The van der Waals surface area contributed by atoms with E-state index in [0.29, 0.717) is 6.54 Å². The molecule has 0 radical (unpaired) electrons. The second-order valence-corrected chi connectivity index (χ2v) is 4.11. The van der Waals surface area contributed by atoms with Crippen LogP contribution >= 0.6 is 0 Å². The highest BCUT2D eigenvalue weighted by molar-refractivity contribution is 6.25. The summed E-state index contributed by atoms with van der Waals surface area (Å²) in [5, 5.41) is 13.4. The first-order valence-corrected chi connectivity index (χ1v) is 5.77. The Kier molecular flexibility index (Phi) is 9.70. The predicted octanol–water partition coefficient (Wildman–Crippen LogP) is 1.07. The molecule has 0 aliphatic heterocycles. The molecule has 0 aliphatic carbocycles. The average molecular weight is 229 g/mol. The van der Waals surface area contributed by atoms with Gasteiger partial charge in [-0.1, -0.05) is 24.4 Å². The van der Waals surface area contributed by atoms with E-state index >= 15 is 0 Å². The molecule has 0 aromatic carbocycles. The van der Waals surface area contributed by atoms with Crippen molar-refractivity contribution in [3.63, 3.8) is 0 Å². The Morgan fingerprint density at radius 2 is 1.88 bits per heavy atom. The van der Waals surface area contributed by atoms with E-state index in [1.54, 1.807) is 0 Å². The molecule has 0 atom stereocenters. The molecular weight excluding hydrogens is 206 g/mol. The highest BCUT2D eigenvalue weighted by Crippen LogP contribution is 2.02. The van der Waals surface area contributed by atoms with Gasteiger partial charge in [-0.2, -0.15) is 0 Å². The molecule has 0 aliphatic rings. The lowest BCUT2D eigenvalue weighted by molar-refractivity contribution is -0.114. The van der Waals surface area contributed by atoms with Crippen LogP contribution in [0.2, 0.25) is 0 Å². The van der Waals surface area contributed by atoms with E-state index in [-0.39, 0.29) is 5.91 Å². The summed E-state index contributed by atoms with van der Waals surface area (Å²) in [6.07, 6.45) is 6.66. The van der Waals surface area contributed by atoms with Crippen molar-refractivity contribution in [1.29, 1.82) is 0 Å². The van der Waals surface area contributed by atoms with E-state index in [2.05, 4.69) is 29.5 Å². The molecule has 0 rings (SSSR count). The molecule has 0 heterocycles. The summed E-state index contributed by atoms with van der Waals surface area (Å²) in [7, 11) is 4.16. The van der Waals surface area contributed by atoms with Gasteiger partial charge < -0.3 is 15.4 Å². The smallest absolute Gasteiger partial charge is 0.265 e. The van der Waals surface area contributed by atoms with Gasteiger partial charge in [-0.05, 0) is 33.5 Å². The number of carbonyl (C=O) groups is 1. The van der Waals surface area contributed by atoms with Gasteiger partial charge in [-0.15, -0.1) is 0 Å². The van der Waals surface area contributed by atoms with Gasteiger partial charge in [0.25, 0.3) is 5.91 Å². The Labute approximate surface area is 97.5 Å². The summed E-state index contributed by atoms with van der Waals surface area (Å²) in [4.78, 5) is 13.0. The zero-order valence-corrected chi connectivity index (χ0v) is 10.3. The quantitative estimate of drug-likeness (QED) is 0.269. The van der Waals surface area contributed by atoms with Crippen molar-refractivity contribution in [2.75, 3.05) is 27.2 Å². The van der Waals surface area contributed by atoms with E-state index in [1.807, 2.05) is 0 Å². The summed E-state index contributed by atoms with van der Waals surface area (Å²) in [5.41, 5.74) is 0. The van der Waals surface area contributed by atoms with Crippen LogP contribution in [0.4, 0.5) is 0 Å². The topological polar surface area (TPSA) is 64.9 Å². The van der Waals surface area contributed by atoms with Gasteiger partial charge in [0, 0.05) is 6.54 Å². The summed E-state index contributed by atoms with van der Waals surface area (Å²) in [6, 6.07) is 0. The van der Waals surface area contributed by atoms with Crippen molar-refractivity contribution >= 4 is 12.1 Å². The van der Waals surface area contributed by atoms with Crippen LogP contribution < -0.4 is 5.32 Å². The van der Waals surface area contributed by atoms with Gasteiger partial charge in [0.2, 0.25) is 0 Å². The fourth-order valence-corrected chi connectivity index (χ4v) is 1.39. The van der Waals surface area contributed by atoms with Crippen LogP contribution in [-0.2, 0) is 4.79 Å². The molecule has 2 N–H and O–H groups in total. The fraction of sp³-hybridized carbons (Fsp3) is 0.818. The maximum Gasteiger partial charge on any atom is 0.265 e. The lowest BCUT2D eigenvalue weighted by Crippen LogP contribution is -2.25. The van der Waals surface area contributed by atoms with Gasteiger partial charge in [0.1, 0.15) is 6.21 Å². The summed E-state index contributed by atoms with van der Waals surface area (Å²) < 4.78 is 0. The van der Waals surface area contributed by atoms with Crippen molar-refractivity contribution in [3.05, 3.63) is 0 Å². The second-order valence-electron chi connectivity index (χ2n) is 4.11. The van der Waals surface area contributed by atoms with Gasteiger partial charge in [-0.25, -0.2) is 0 Å². The maximum absolute atomic E-state index is 10.8. The van der Waals surface area contributed by atoms with E-state index < -0.39 is 0 Å². The number of oxime groups is 1. The van der Waals surface area contributed by atoms with E-state index in [0.717, 1.165) is 25.6 Å². The standard InChI is InChI=1S/C11H23N3O2/c1-14(2)9-7-5-3-4-6-8-12-11(15)10-13-16/h10,16H,3-9H2,1-2H3,(H,12,15)/b13-10-. The van der Waals surface area contributed by atoms with Crippen LogP contribution in [0.25, 0.3) is 0 Å². The predicted molar refractivity (Wildman–Crippen MR) is 64.9 cm³/mol. The van der Waals surface area contributed by atoms with Crippen molar-refractivity contribution in [2.24, 2.45) is 5.16 Å². The summed E-state index contributed by atoms with van der Waals surface area (Å²) in [6.45, 7) is 1.79. The third-order valence-corrected chi connectivity index (χ3v) is 2.26. The third kappa shape index (κ3) is 11.0. The van der Waals surface area contributed by atoms with E-state index in [4.69, 9.17) is 5.21 Å². The second kappa shape index (κ2) is 10.4. The Morgan fingerprint density at radius 3 is 2.50 bits per heavy atom. The number of nitrogens with one attached hydrogen (secondary N) is 1. The van der Waals surface area contributed by atoms with Crippen LogP contribution in [-0.4, -0.2) is 49.4 Å². The van der Waals surface area contributed by atoms with E-state index in [9.17, 15) is 4.79 Å². The Hall–Kier alpha value is -1.10. The minimum absolute atomic E-state index is 0.338. The molecular formula is C11H23N3O2. The minimum atomic E-state index is -0.338. The normalized spacial score (nSPS) is 11.2. The molecule has 0 spiro atoms. The van der Waals surface area contributed by atoms with Gasteiger partial charge in [0.05, 0.1) is 0 Å². The average Bonchev–Trinajstić information content (AvgIpc) is 2.22. The van der Waals surface area contributed by atoms with Crippen molar-refractivity contribution < 1.29 is 10.0 Å². The van der Waals surface area contributed by atoms with Gasteiger partial charge >= 0.3 is 0 Å². The number of amides is 1. The SMILES string of the molecule is CN(C)CCCCCCCNC(=O)/C=N\O. The largest absolute Gasteiger partial charge is 0.411 e. The molecule has 5 nitrogen and oxygen atoms in total. The van der Waals surface area contributed by atoms with Crippen molar-refractivity contribution in [3.8, 4) is 0 Å². The monoisotopic (exact) mass is 229 g/mol. The highest BCUT2D eigenvalue weighted by atomic mass is 16.4. The first kappa shape index (κ1) is 14.9. The van der Waals surface area contributed by atoms with Gasteiger partial charge in [-0.3, -0.25) is 4.79 Å². The molecule has 0 saturated heterocycles. The highest BCUT2D eigenvalue weighted by Gasteiger charge is 1.96. The van der Waals surface area contributed by atoms with Crippen LogP contribution in [0.15, 0.2) is 5.16 Å². The zero-order chi connectivity index (χ0) is 12.2. The third-order valence-electron chi connectivity index (χ3n) is 2.26. The molecule has 1 amide bonds. The number of hydrogen-bond acceptors (Lipinski definition) is 4. The Morgan fingerprint density at radius 1 is 1.25 bits per heavy atom. The maximum atomic E-state index is 10.8. The molecule has 0 aromatic rings. The van der Waals surface area contributed by atoms with E-state index in [1.165, 1.54) is 19.3 Å². The van der Waals surface area contributed by atoms with Crippen LogP contribution in [0.1, 0.15) is 32.1 Å². The van der Waals surface area contributed by atoms with Crippen molar-refractivity contribution in [1.82, 2.24) is 10.2 Å². The molecule has 0 aromatic heterocycles. The molecule has 94 valence electrons. The molecule has 16 heavy (non-hydrogen) atoms. The minimum Gasteiger partial charge on any atom is -0.411 e. The lowest BCUT2D eigenvalue weighted by Gasteiger charge is -2.08. The van der Waals surface area contributed by atoms with Crippen LogP contribution in [0, 0.1) is 0 Å². The van der Waals surface area contributed by atoms with Crippen molar-refractivity contribution in [2.45, 2.75) is 32.1 Å². The first-order chi connectivity index (χ1) is 7.66. The Bertz CT molecular complexity index is 205. The number of nitrogens with zero attached hydrogens (tertiary/aromatic N) is 2. The fourth-order valence-electron chi connectivity index (χ4n) is 1.39. The molecule has 0 bridgehead atoms. The molecule has 0 unspecified atom stereocenters. The number of rotatable bonds is 9. The summed E-state index contributed by atoms with van der Waals surface area (Å²) in [5.74, 6) is -0.338. The Balaban J connectivity index is 3.13. The zero-order valence-electron chi connectivity index (χ0n) is 10.3. The molecule has 0 fully saturated rings. The first-order valence-electron chi connectivity index (χ1n) is 5.77. The summed E-state index contributed by atoms with van der Waals surface area (Å²) >= 11 is 0. The molecule has 5 heteroatoms. The van der Waals surface area contributed by atoms with Crippen LogP contribution in [0.5, 0.6) is 0 Å². The number of carbonyl (C=O) groups excluding carboxylic acids is 1. The van der Waals surface area contributed by atoms with Gasteiger partial charge in [0.15, 0.2) is 0 Å². The number of hydrogen-bond donors (Lipinski definition) is 2.